The molecule has 2 aromatic heterocycles. The van der Waals surface area contributed by atoms with Gasteiger partial charge in [-0.05, 0) is 6.07 Å². The smallest absolute Gasteiger partial charge is 0.134 e. The van der Waals surface area contributed by atoms with Gasteiger partial charge in [-0.2, -0.15) is 5.10 Å². The summed E-state index contributed by atoms with van der Waals surface area (Å²) in [6, 6.07) is 1.64. The van der Waals surface area contributed by atoms with E-state index in [1.165, 1.54) is 6.20 Å². The van der Waals surface area contributed by atoms with Crippen molar-refractivity contribution in [1.82, 2.24) is 15.2 Å². The molecule has 0 aliphatic heterocycles. The molecule has 0 bridgehead atoms. The first-order chi connectivity index (χ1) is 5.86. The van der Waals surface area contributed by atoms with Crippen molar-refractivity contribution in [3.8, 4) is 16.9 Å². The number of H-pyrrole nitrogens is 1. The lowest BCUT2D eigenvalue weighted by atomic mass is 10.2. The summed E-state index contributed by atoms with van der Waals surface area (Å²) in [5, 5.41) is 15.6. The van der Waals surface area contributed by atoms with E-state index >= 15 is 0 Å². The van der Waals surface area contributed by atoms with Crippen LogP contribution in [-0.2, 0) is 0 Å². The van der Waals surface area contributed by atoms with Gasteiger partial charge in [-0.25, -0.2) is 0 Å². The number of rotatable bonds is 1. The van der Waals surface area contributed by atoms with E-state index in [1.807, 2.05) is 0 Å². The van der Waals surface area contributed by atoms with Crippen molar-refractivity contribution in [2.24, 2.45) is 0 Å². The van der Waals surface area contributed by atoms with Crippen LogP contribution in [-0.4, -0.2) is 20.3 Å². The van der Waals surface area contributed by atoms with Crippen molar-refractivity contribution in [3.05, 3.63) is 30.9 Å². The summed E-state index contributed by atoms with van der Waals surface area (Å²) >= 11 is 0. The monoisotopic (exact) mass is 269 g/mol. The molecule has 4 nitrogen and oxygen atoms in total. The number of aromatic amines is 1. The van der Waals surface area contributed by atoms with Crippen LogP contribution in [0.3, 0.4) is 0 Å². The molecular weight excluding hydrogens is 260 g/mol. The highest BCUT2D eigenvalue weighted by Gasteiger charge is 1.98. The number of nitrogens with one attached hydrogen (secondary N) is 1. The molecule has 15 heavy (non-hydrogen) atoms. The largest absolute Gasteiger partial charge is 0.506 e. The van der Waals surface area contributed by atoms with E-state index in [-0.39, 0.29) is 43.0 Å². The first-order valence-electron chi connectivity index (χ1n) is 3.49. The number of nitrogens with zero attached hydrogens (tertiary/aromatic N) is 2. The van der Waals surface area contributed by atoms with Crippen LogP contribution >= 0.6 is 37.2 Å². The highest BCUT2D eigenvalue weighted by atomic mass is 35.5. The normalized spacial score (nSPS) is 8.00. The topological polar surface area (TPSA) is 61.8 Å². The van der Waals surface area contributed by atoms with Crippen LogP contribution in [0.15, 0.2) is 30.9 Å². The molecule has 0 saturated heterocycles. The molecule has 0 radical (unpaired) electrons. The molecule has 7 heteroatoms. The Labute approximate surface area is 105 Å². The van der Waals surface area contributed by atoms with Gasteiger partial charge in [0.05, 0.1) is 12.4 Å². The Morgan fingerprint density at radius 1 is 1.00 bits per heavy atom. The van der Waals surface area contributed by atoms with E-state index in [0.717, 1.165) is 11.1 Å². The number of hydrogen-bond donors (Lipinski definition) is 2. The molecule has 0 aliphatic rings. The summed E-state index contributed by atoms with van der Waals surface area (Å²) in [5.74, 6) is 0.161. The molecule has 0 atom stereocenters. The lowest BCUT2D eigenvalue weighted by Gasteiger charge is -1.95. The summed E-state index contributed by atoms with van der Waals surface area (Å²) < 4.78 is 0. The maximum atomic E-state index is 9.12. The molecule has 2 heterocycles. The molecule has 84 valence electrons. The number of halogens is 3. The van der Waals surface area contributed by atoms with Crippen molar-refractivity contribution < 1.29 is 5.11 Å². The Kier molecular flexibility index (Phi) is 8.05. The van der Waals surface area contributed by atoms with Crippen molar-refractivity contribution in [2.75, 3.05) is 0 Å². The second-order valence-electron chi connectivity index (χ2n) is 2.42. The summed E-state index contributed by atoms with van der Waals surface area (Å²) in [7, 11) is 0. The SMILES string of the molecule is Cl.Cl.Cl.Oc1cncc(-c2cn[nH]c2)c1. The van der Waals surface area contributed by atoms with E-state index in [4.69, 9.17) is 5.11 Å². The van der Waals surface area contributed by atoms with Crippen molar-refractivity contribution >= 4 is 37.2 Å². The molecule has 2 rings (SSSR count). The van der Waals surface area contributed by atoms with E-state index in [0.29, 0.717) is 0 Å². The minimum absolute atomic E-state index is 0. The molecular formula is C8H10Cl3N3O. The van der Waals surface area contributed by atoms with Crippen LogP contribution in [0.2, 0.25) is 0 Å². The second kappa shape index (κ2) is 7.34. The van der Waals surface area contributed by atoms with E-state index < -0.39 is 0 Å². The zero-order chi connectivity index (χ0) is 8.39. The van der Waals surface area contributed by atoms with Crippen LogP contribution in [0.1, 0.15) is 0 Å². The Bertz CT molecular complexity index is 380. The third-order valence-corrected chi connectivity index (χ3v) is 1.56. The van der Waals surface area contributed by atoms with Gasteiger partial charge in [-0.1, -0.05) is 0 Å². The van der Waals surface area contributed by atoms with Crippen LogP contribution in [0.4, 0.5) is 0 Å². The molecule has 0 aromatic carbocycles. The van der Waals surface area contributed by atoms with Gasteiger partial charge >= 0.3 is 0 Å². The van der Waals surface area contributed by atoms with Crippen molar-refractivity contribution in [1.29, 1.82) is 0 Å². The van der Waals surface area contributed by atoms with Gasteiger partial charge < -0.3 is 5.11 Å². The molecule has 2 N–H and O–H groups in total. The van der Waals surface area contributed by atoms with Gasteiger partial charge in [0.15, 0.2) is 0 Å². The molecule has 0 unspecified atom stereocenters. The van der Waals surface area contributed by atoms with Crippen LogP contribution < -0.4 is 0 Å². The van der Waals surface area contributed by atoms with Gasteiger partial charge in [0.2, 0.25) is 0 Å². The molecule has 0 aliphatic carbocycles. The van der Waals surface area contributed by atoms with Crippen molar-refractivity contribution in [3.63, 3.8) is 0 Å². The zero-order valence-electron chi connectivity index (χ0n) is 7.45. The quantitative estimate of drug-likeness (QED) is 0.837. The Morgan fingerprint density at radius 3 is 2.27 bits per heavy atom. The summed E-state index contributed by atoms with van der Waals surface area (Å²) in [6.07, 6.45) is 6.49. The van der Waals surface area contributed by atoms with E-state index in [2.05, 4.69) is 15.2 Å². The van der Waals surface area contributed by atoms with E-state index in [1.54, 1.807) is 24.7 Å². The third-order valence-electron chi connectivity index (χ3n) is 1.56. The van der Waals surface area contributed by atoms with Crippen LogP contribution in [0.25, 0.3) is 11.1 Å². The predicted molar refractivity (Wildman–Crippen MR) is 65.2 cm³/mol. The molecule has 0 fully saturated rings. The van der Waals surface area contributed by atoms with Gasteiger partial charge in [0.25, 0.3) is 0 Å². The molecule has 0 amide bonds. The van der Waals surface area contributed by atoms with Crippen molar-refractivity contribution in [2.45, 2.75) is 0 Å². The van der Waals surface area contributed by atoms with Gasteiger partial charge in [-0.3, -0.25) is 10.1 Å². The average molecular weight is 271 g/mol. The molecule has 0 spiro atoms. The fourth-order valence-electron chi connectivity index (χ4n) is 0.994. The number of hydrogen-bond acceptors (Lipinski definition) is 3. The third kappa shape index (κ3) is 3.95. The minimum Gasteiger partial charge on any atom is -0.506 e. The Morgan fingerprint density at radius 2 is 1.73 bits per heavy atom. The standard InChI is InChI=1S/C8H7N3O.3ClH/c12-8-1-6(2-9-5-8)7-3-10-11-4-7;;;/h1-5,12H,(H,10,11);3*1H. The van der Waals surface area contributed by atoms with Crippen LogP contribution in [0.5, 0.6) is 5.75 Å². The fraction of sp³-hybridized carbons (Fsp3) is 0. The van der Waals surface area contributed by atoms with Gasteiger partial charge in [-0.15, -0.1) is 37.2 Å². The highest BCUT2D eigenvalue weighted by Crippen LogP contribution is 2.19. The lowest BCUT2D eigenvalue weighted by molar-refractivity contribution is 0.473. The summed E-state index contributed by atoms with van der Waals surface area (Å²) in [6.45, 7) is 0. The Hall–Kier alpha value is -0.970. The average Bonchev–Trinajstić information content (AvgIpc) is 2.56. The Balaban J connectivity index is 0. The van der Waals surface area contributed by atoms with E-state index in [9.17, 15) is 0 Å². The predicted octanol–water partition coefficient (Wildman–Crippen LogP) is 2.44. The summed E-state index contributed by atoms with van der Waals surface area (Å²) in [5.41, 5.74) is 1.77. The number of aromatic hydroxyl groups is 1. The first-order valence-corrected chi connectivity index (χ1v) is 3.49. The number of pyridine rings is 1. The highest BCUT2D eigenvalue weighted by molar-refractivity contribution is 5.86. The zero-order valence-corrected chi connectivity index (χ0v) is 9.90. The van der Waals surface area contributed by atoms with Gasteiger partial charge in [0.1, 0.15) is 5.75 Å². The van der Waals surface area contributed by atoms with Gasteiger partial charge in [0, 0.05) is 23.5 Å². The fourth-order valence-corrected chi connectivity index (χ4v) is 0.994. The summed E-state index contributed by atoms with van der Waals surface area (Å²) in [4.78, 5) is 3.85. The maximum absolute atomic E-state index is 9.12. The maximum Gasteiger partial charge on any atom is 0.134 e. The molecule has 0 saturated carbocycles. The lowest BCUT2D eigenvalue weighted by Crippen LogP contribution is -1.76. The number of aromatic nitrogens is 3. The molecule has 2 aromatic rings. The first kappa shape index (κ1) is 16.5. The minimum atomic E-state index is 0. The second-order valence-corrected chi connectivity index (χ2v) is 2.42. The van der Waals surface area contributed by atoms with Crippen LogP contribution in [0, 0.1) is 0 Å².